The van der Waals surface area contributed by atoms with Gasteiger partial charge in [-0.25, -0.2) is 0 Å². The number of hydrogen-bond donors (Lipinski definition) is 1. The molecule has 0 atom stereocenters. The summed E-state index contributed by atoms with van der Waals surface area (Å²) in [6, 6.07) is 22.2. The Labute approximate surface area is 158 Å². The number of fused-ring (bicyclic) bond motifs is 1. The van der Waals surface area contributed by atoms with Gasteiger partial charge in [0.2, 0.25) is 0 Å². The third-order valence-corrected chi connectivity index (χ3v) is 4.73. The van der Waals surface area contributed by atoms with Crippen molar-refractivity contribution in [3.63, 3.8) is 0 Å². The number of hydrogen-bond acceptors (Lipinski definition) is 3. The molecule has 0 fully saturated rings. The maximum absolute atomic E-state index is 9.78. The second kappa shape index (κ2) is 7.08. The number of para-hydroxylation sites is 1. The lowest BCUT2D eigenvalue weighted by atomic mass is 10.0. The van der Waals surface area contributed by atoms with Gasteiger partial charge in [-0.15, -0.1) is 0 Å². The lowest BCUT2D eigenvalue weighted by molar-refractivity contribution is 0.401. The standard InChI is InChI=1S/C23H21N3O/c1-16(27)14-21-17(2)26(25-23(21)19-9-4-3-5-10-19)15-20-13-12-18-8-6-7-11-22(18)24-20/h3-13,27H,1,14-15H2,2H3. The van der Waals surface area contributed by atoms with Crippen LogP contribution in [0.3, 0.4) is 0 Å². The van der Waals surface area contributed by atoms with Crippen LogP contribution in [-0.4, -0.2) is 19.9 Å². The average molecular weight is 355 g/mol. The van der Waals surface area contributed by atoms with Crippen molar-refractivity contribution in [3.05, 3.63) is 96.0 Å². The third-order valence-electron chi connectivity index (χ3n) is 4.73. The van der Waals surface area contributed by atoms with E-state index in [0.29, 0.717) is 13.0 Å². The third kappa shape index (κ3) is 3.47. The first-order valence-electron chi connectivity index (χ1n) is 8.95. The van der Waals surface area contributed by atoms with Crippen LogP contribution in [-0.2, 0) is 13.0 Å². The minimum absolute atomic E-state index is 0.138. The summed E-state index contributed by atoms with van der Waals surface area (Å²) < 4.78 is 1.96. The summed E-state index contributed by atoms with van der Waals surface area (Å²) in [7, 11) is 0. The second-order valence-electron chi connectivity index (χ2n) is 6.67. The van der Waals surface area contributed by atoms with E-state index >= 15 is 0 Å². The minimum Gasteiger partial charge on any atom is -0.513 e. The SMILES string of the molecule is C=C(O)Cc1c(-c2ccccc2)nn(Cc2ccc3ccccc3n2)c1C. The van der Waals surface area contributed by atoms with E-state index in [2.05, 4.69) is 18.7 Å². The zero-order valence-corrected chi connectivity index (χ0v) is 15.3. The van der Waals surface area contributed by atoms with Crippen molar-refractivity contribution < 1.29 is 5.11 Å². The van der Waals surface area contributed by atoms with E-state index in [1.54, 1.807) is 0 Å². The molecule has 134 valence electrons. The summed E-state index contributed by atoms with van der Waals surface area (Å²) in [6.07, 6.45) is 0.390. The Morgan fingerprint density at radius 1 is 1.00 bits per heavy atom. The molecule has 2 heterocycles. The van der Waals surface area contributed by atoms with Crippen LogP contribution in [0.5, 0.6) is 0 Å². The number of nitrogens with zero attached hydrogens (tertiary/aromatic N) is 3. The Kier molecular flexibility index (Phi) is 4.47. The fourth-order valence-corrected chi connectivity index (χ4v) is 3.33. The van der Waals surface area contributed by atoms with Crippen LogP contribution >= 0.6 is 0 Å². The van der Waals surface area contributed by atoms with Crippen LogP contribution in [0.1, 0.15) is 17.0 Å². The quantitative estimate of drug-likeness (QED) is 0.509. The fourth-order valence-electron chi connectivity index (χ4n) is 3.33. The van der Waals surface area contributed by atoms with Gasteiger partial charge in [-0.05, 0) is 19.1 Å². The van der Waals surface area contributed by atoms with E-state index in [1.165, 1.54) is 0 Å². The highest BCUT2D eigenvalue weighted by Gasteiger charge is 2.17. The smallest absolute Gasteiger partial charge is 0.0962 e. The molecule has 0 unspecified atom stereocenters. The zero-order chi connectivity index (χ0) is 18.8. The van der Waals surface area contributed by atoms with E-state index in [-0.39, 0.29) is 5.76 Å². The minimum atomic E-state index is 0.138. The van der Waals surface area contributed by atoms with Gasteiger partial charge < -0.3 is 5.11 Å². The molecule has 0 saturated carbocycles. The van der Waals surface area contributed by atoms with Crippen LogP contribution in [0.15, 0.2) is 79.1 Å². The maximum Gasteiger partial charge on any atom is 0.0962 e. The first-order chi connectivity index (χ1) is 13.1. The number of aliphatic hydroxyl groups excluding tert-OH is 1. The van der Waals surface area contributed by atoms with E-state index in [4.69, 9.17) is 10.1 Å². The summed E-state index contributed by atoms with van der Waals surface area (Å²) in [6.45, 7) is 6.26. The molecule has 0 radical (unpaired) electrons. The molecule has 4 rings (SSSR count). The predicted molar refractivity (Wildman–Crippen MR) is 109 cm³/mol. The zero-order valence-electron chi connectivity index (χ0n) is 15.3. The van der Waals surface area contributed by atoms with Gasteiger partial charge in [-0.1, -0.05) is 61.2 Å². The van der Waals surface area contributed by atoms with Gasteiger partial charge in [0.25, 0.3) is 0 Å². The summed E-state index contributed by atoms with van der Waals surface area (Å²) in [5, 5.41) is 15.7. The van der Waals surface area contributed by atoms with Gasteiger partial charge in [-0.2, -0.15) is 5.10 Å². The molecule has 2 aromatic carbocycles. The topological polar surface area (TPSA) is 50.9 Å². The molecule has 0 spiro atoms. The van der Waals surface area contributed by atoms with Crippen LogP contribution in [0.25, 0.3) is 22.2 Å². The van der Waals surface area contributed by atoms with Gasteiger partial charge in [0, 0.05) is 28.6 Å². The summed E-state index contributed by atoms with van der Waals surface area (Å²) in [5.74, 6) is 0.138. The Hall–Kier alpha value is -3.40. The monoisotopic (exact) mass is 355 g/mol. The summed E-state index contributed by atoms with van der Waals surface area (Å²) >= 11 is 0. The molecule has 27 heavy (non-hydrogen) atoms. The van der Waals surface area contributed by atoms with Gasteiger partial charge in [0.1, 0.15) is 0 Å². The highest BCUT2D eigenvalue weighted by Crippen LogP contribution is 2.27. The molecule has 0 aliphatic heterocycles. The Morgan fingerprint density at radius 2 is 1.74 bits per heavy atom. The van der Waals surface area contributed by atoms with Crippen molar-refractivity contribution in [1.82, 2.24) is 14.8 Å². The highest BCUT2D eigenvalue weighted by atomic mass is 16.3. The van der Waals surface area contributed by atoms with Gasteiger partial charge in [0.05, 0.1) is 29.2 Å². The van der Waals surface area contributed by atoms with Crippen LogP contribution < -0.4 is 0 Å². The molecule has 4 nitrogen and oxygen atoms in total. The molecule has 4 aromatic rings. The van der Waals surface area contributed by atoms with E-state index in [9.17, 15) is 5.11 Å². The van der Waals surface area contributed by atoms with Crippen LogP contribution in [0.2, 0.25) is 0 Å². The predicted octanol–water partition coefficient (Wildman–Crippen LogP) is 5.07. The van der Waals surface area contributed by atoms with Crippen molar-refractivity contribution in [2.45, 2.75) is 19.9 Å². The highest BCUT2D eigenvalue weighted by molar-refractivity contribution is 5.78. The van der Waals surface area contributed by atoms with Crippen molar-refractivity contribution >= 4 is 10.9 Å². The van der Waals surface area contributed by atoms with Gasteiger partial charge >= 0.3 is 0 Å². The lowest BCUT2D eigenvalue weighted by Crippen LogP contribution is -2.06. The summed E-state index contributed by atoms with van der Waals surface area (Å²) in [4.78, 5) is 4.76. The van der Waals surface area contributed by atoms with E-state index < -0.39 is 0 Å². The van der Waals surface area contributed by atoms with Gasteiger partial charge in [-0.3, -0.25) is 9.67 Å². The molecule has 2 aromatic heterocycles. The van der Waals surface area contributed by atoms with Crippen LogP contribution in [0.4, 0.5) is 0 Å². The van der Waals surface area contributed by atoms with Crippen molar-refractivity contribution in [1.29, 1.82) is 0 Å². The first-order valence-corrected chi connectivity index (χ1v) is 8.95. The van der Waals surface area contributed by atoms with Crippen molar-refractivity contribution in [3.8, 4) is 11.3 Å². The van der Waals surface area contributed by atoms with E-state index in [1.807, 2.05) is 66.2 Å². The number of benzene rings is 2. The number of rotatable bonds is 5. The molecular weight excluding hydrogens is 334 g/mol. The summed E-state index contributed by atoms with van der Waals surface area (Å²) in [5.41, 5.74) is 5.85. The molecule has 0 saturated heterocycles. The number of allylic oxidation sites excluding steroid dienone is 1. The van der Waals surface area contributed by atoms with Crippen molar-refractivity contribution in [2.75, 3.05) is 0 Å². The fraction of sp³-hybridized carbons (Fsp3) is 0.130. The Balaban J connectivity index is 1.75. The molecule has 0 amide bonds. The Bertz CT molecular complexity index is 1110. The number of pyridine rings is 1. The number of aromatic nitrogens is 3. The van der Waals surface area contributed by atoms with Crippen LogP contribution in [0, 0.1) is 6.92 Å². The lowest BCUT2D eigenvalue weighted by Gasteiger charge is -2.06. The maximum atomic E-state index is 9.78. The number of aliphatic hydroxyl groups is 1. The molecule has 0 aliphatic carbocycles. The second-order valence-corrected chi connectivity index (χ2v) is 6.67. The molecule has 0 bridgehead atoms. The largest absolute Gasteiger partial charge is 0.513 e. The van der Waals surface area contributed by atoms with Gasteiger partial charge in [0.15, 0.2) is 0 Å². The average Bonchev–Trinajstić information content (AvgIpc) is 2.98. The van der Waals surface area contributed by atoms with E-state index in [0.717, 1.165) is 39.1 Å². The Morgan fingerprint density at radius 3 is 2.52 bits per heavy atom. The molecule has 0 aliphatic rings. The first kappa shape index (κ1) is 17.0. The molecule has 1 N–H and O–H groups in total. The molecule has 4 heteroatoms. The molecular formula is C23H21N3O. The normalized spacial score (nSPS) is 11.0. The van der Waals surface area contributed by atoms with Crippen molar-refractivity contribution in [2.24, 2.45) is 0 Å².